The zero-order chi connectivity index (χ0) is 19.8. The van der Waals surface area contributed by atoms with Crippen molar-refractivity contribution in [3.63, 3.8) is 0 Å². The fourth-order valence-corrected chi connectivity index (χ4v) is 2.60. The molecule has 144 valence electrons. The topological polar surface area (TPSA) is 111 Å². The molecule has 0 amide bonds. The molecule has 1 aromatic heterocycles. The smallest absolute Gasteiger partial charge is 0.455 e. The van der Waals surface area contributed by atoms with Crippen molar-refractivity contribution in [3.8, 4) is 0 Å². The van der Waals surface area contributed by atoms with Crippen molar-refractivity contribution in [1.82, 2.24) is 9.78 Å². The Hall–Kier alpha value is -1.21. The van der Waals surface area contributed by atoms with Crippen molar-refractivity contribution in [2.75, 3.05) is 0 Å². The molecule has 1 heterocycles. The van der Waals surface area contributed by atoms with Crippen LogP contribution in [0.2, 0.25) is 0 Å². The number of rotatable bonds is 5. The van der Waals surface area contributed by atoms with E-state index in [0.29, 0.717) is 11.3 Å². The predicted octanol–water partition coefficient (Wildman–Crippen LogP) is 3.33. The molecule has 0 saturated carbocycles. The average Bonchev–Trinajstić information content (AvgIpc) is 2.72. The molecule has 2 N–H and O–H groups in total. The molecule has 0 bridgehead atoms. The van der Waals surface area contributed by atoms with E-state index in [4.69, 9.17) is 14.5 Å². The molecule has 0 radical (unpaired) electrons. The number of hydrogen-bond donors (Lipinski definition) is 2. The van der Waals surface area contributed by atoms with Crippen molar-refractivity contribution >= 4 is 13.8 Å². The largest absolute Gasteiger partial charge is 0.471 e. The normalized spacial score (nSPS) is 13.4. The number of nitrogens with zero attached hydrogens (tertiary/aromatic N) is 2. The Morgan fingerprint density at radius 3 is 2.08 bits per heavy atom. The number of esters is 1. The number of ether oxygens (including phenoxy) is 1. The average molecular weight is 376 g/mol. The molecule has 0 saturated heterocycles. The summed E-state index contributed by atoms with van der Waals surface area (Å²) in [5.74, 6) is -0.644. The van der Waals surface area contributed by atoms with E-state index in [9.17, 15) is 9.36 Å². The number of hydrogen-bond acceptors (Lipinski definition) is 5. The molecule has 8 nitrogen and oxygen atoms in total. The zero-order valence-corrected chi connectivity index (χ0v) is 17.0. The first-order valence-electron chi connectivity index (χ1n) is 8.07. The molecule has 0 aliphatic rings. The third-order valence-corrected chi connectivity index (χ3v) is 3.67. The number of carbonyl (C=O) groups is 1. The molecule has 0 spiro atoms. The van der Waals surface area contributed by atoms with Gasteiger partial charge in [-0.2, -0.15) is 5.10 Å². The van der Waals surface area contributed by atoms with E-state index in [1.54, 1.807) is 20.8 Å². The number of carbonyl (C=O) groups excluding carboxylic acids is 1. The van der Waals surface area contributed by atoms with Gasteiger partial charge in [0, 0.05) is 11.0 Å². The molecule has 0 fully saturated rings. The van der Waals surface area contributed by atoms with Crippen LogP contribution in [0.1, 0.15) is 83.1 Å². The summed E-state index contributed by atoms with van der Waals surface area (Å²) in [6.45, 7) is 14.4. The highest BCUT2D eigenvalue weighted by molar-refractivity contribution is 7.46. The Morgan fingerprint density at radius 2 is 1.72 bits per heavy atom. The standard InChI is InChI=1S/C16H29N2O6P/c1-10(2)11-12(14(19)24-16(6,7)8)18(9-23-25(20,21)22)17-13(11)15(3,4)5/h10H,9H2,1-8H3,(H2,20,21,22). The summed E-state index contributed by atoms with van der Waals surface area (Å²) in [5, 5.41) is 4.40. The van der Waals surface area contributed by atoms with E-state index in [2.05, 4.69) is 9.62 Å². The van der Waals surface area contributed by atoms with Crippen LogP contribution in [0.25, 0.3) is 0 Å². The molecule has 0 atom stereocenters. The van der Waals surface area contributed by atoms with Gasteiger partial charge in [-0.05, 0) is 26.7 Å². The van der Waals surface area contributed by atoms with Crippen molar-refractivity contribution in [2.24, 2.45) is 0 Å². The summed E-state index contributed by atoms with van der Waals surface area (Å²) in [6.07, 6.45) is 0. The van der Waals surface area contributed by atoms with Crippen LogP contribution < -0.4 is 0 Å². The fourth-order valence-electron chi connectivity index (χ4n) is 2.34. The first-order valence-corrected chi connectivity index (χ1v) is 9.60. The SMILES string of the molecule is CC(C)c1c(C(C)(C)C)nn(COP(=O)(O)O)c1C(=O)OC(C)(C)C. The summed E-state index contributed by atoms with van der Waals surface area (Å²) in [6, 6.07) is 0. The second-order valence-corrected chi connectivity index (χ2v) is 9.51. The van der Waals surface area contributed by atoms with Crippen molar-refractivity contribution in [2.45, 2.75) is 79.1 Å². The van der Waals surface area contributed by atoms with Gasteiger partial charge in [-0.15, -0.1) is 0 Å². The summed E-state index contributed by atoms with van der Waals surface area (Å²) in [7, 11) is -4.71. The van der Waals surface area contributed by atoms with Gasteiger partial charge < -0.3 is 14.5 Å². The molecular formula is C16H29N2O6P. The van der Waals surface area contributed by atoms with Crippen molar-refractivity contribution in [1.29, 1.82) is 0 Å². The summed E-state index contributed by atoms with van der Waals surface area (Å²) >= 11 is 0. The lowest BCUT2D eigenvalue weighted by Gasteiger charge is -2.22. The zero-order valence-electron chi connectivity index (χ0n) is 16.2. The van der Waals surface area contributed by atoms with Crippen molar-refractivity contribution in [3.05, 3.63) is 17.0 Å². The fraction of sp³-hybridized carbons (Fsp3) is 0.750. The Bertz CT molecular complexity index is 676. The predicted molar refractivity (Wildman–Crippen MR) is 93.3 cm³/mol. The van der Waals surface area contributed by atoms with Gasteiger partial charge >= 0.3 is 13.8 Å². The van der Waals surface area contributed by atoms with Gasteiger partial charge in [0.05, 0.1) is 5.69 Å². The molecule has 0 aliphatic heterocycles. The van der Waals surface area contributed by atoms with Gasteiger partial charge in [0.15, 0.2) is 12.4 Å². The minimum Gasteiger partial charge on any atom is -0.455 e. The maximum Gasteiger partial charge on any atom is 0.471 e. The highest BCUT2D eigenvalue weighted by Crippen LogP contribution is 2.38. The van der Waals surface area contributed by atoms with Gasteiger partial charge in [-0.3, -0.25) is 4.52 Å². The summed E-state index contributed by atoms with van der Waals surface area (Å²) < 4.78 is 22.2. The van der Waals surface area contributed by atoms with Gasteiger partial charge in [0.2, 0.25) is 0 Å². The first-order chi connectivity index (χ1) is 11.0. The lowest BCUT2D eigenvalue weighted by molar-refractivity contribution is 0.00442. The van der Waals surface area contributed by atoms with Crippen LogP contribution in [0, 0.1) is 0 Å². The van der Waals surface area contributed by atoms with E-state index in [1.165, 1.54) is 4.68 Å². The molecule has 0 aliphatic carbocycles. The van der Waals surface area contributed by atoms with E-state index in [-0.39, 0.29) is 17.0 Å². The Labute approximate surface area is 148 Å². The highest BCUT2D eigenvalue weighted by Gasteiger charge is 2.34. The van der Waals surface area contributed by atoms with E-state index >= 15 is 0 Å². The van der Waals surface area contributed by atoms with Crippen molar-refractivity contribution < 1.29 is 28.4 Å². The lowest BCUT2D eigenvalue weighted by Crippen LogP contribution is -2.27. The van der Waals surface area contributed by atoms with Gasteiger partial charge in [0.1, 0.15) is 5.60 Å². The number of phosphoric ester groups is 1. The Morgan fingerprint density at radius 1 is 1.20 bits per heavy atom. The minimum atomic E-state index is -4.71. The maximum absolute atomic E-state index is 12.7. The molecule has 9 heteroatoms. The quantitative estimate of drug-likeness (QED) is 0.599. The van der Waals surface area contributed by atoms with Gasteiger partial charge in [-0.25, -0.2) is 14.0 Å². The molecule has 1 rings (SSSR count). The van der Waals surface area contributed by atoms with E-state index in [0.717, 1.165) is 0 Å². The third-order valence-electron chi connectivity index (χ3n) is 3.22. The summed E-state index contributed by atoms with van der Waals surface area (Å²) in [4.78, 5) is 30.7. The summed E-state index contributed by atoms with van der Waals surface area (Å²) in [5.41, 5.74) is 0.424. The van der Waals surface area contributed by atoms with Crippen LogP contribution in [-0.2, 0) is 26.0 Å². The molecule has 0 aromatic carbocycles. The van der Waals surface area contributed by atoms with Crippen LogP contribution >= 0.6 is 7.82 Å². The van der Waals surface area contributed by atoms with Crippen LogP contribution in [-0.4, -0.2) is 31.1 Å². The van der Waals surface area contributed by atoms with Crippen LogP contribution in [0.4, 0.5) is 0 Å². The molecular weight excluding hydrogens is 347 g/mol. The number of aromatic nitrogens is 2. The minimum absolute atomic E-state index is 0.0412. The van der Waals surface area contributed by atoms with E-state index < -0.39 is 26.1 Å². The second kappa shape index (κ2) is 7.19. The van der Waals surface area contributed by atoms with Crippen LogP contribution in [0.5, 0.6) is 0 Å². The lowest BCUT2D eigenvalue weighted by atomic mass is 9.85. The van der Waals surface area contributed by atoms with Crippen LogP contribution in [0.3, 0.4) is 0 Å². The maximum atomic E-state index is 12.7. The highest BCUT2D eigenvalue weighted by atomic mass is 31.2. The first kappa shape index (κ1) is 21.8. The third kappa shape index (κ3) is 6.22. The monoisotopic (exact) mass is 376 g/mol. The molecule has 0 unspecified atom stereocenters. The molecule has 1 aromatic rings. The van der Waals surface area contributed by atoms with Gasteiger partial charge in [0.25, 0.3) is 0 Å². The second-order valence-electron chi connectivity index (χ2n) is 8.27. The van der Waals surface area contributed by atoms with Gasteiger partial charge in [-0.1, -0.05) is 34.6 Å². The number of phosphoric acid groups is 1. The van der Waals surface area contributed by atoms with E-state index in [1.807, 2.05) is 34.6 Å². The Kier molecular flexibility index (Phi) is 6.28. The van der Waals surface area contributed by atoms with Crippen LogP contribution in [0.15, 0.2) is 0 Å². The molecule has 25 heavy (non-hydrogen) atoms. The Balaban J connectivity index is 3.53.